The van der Waals surface area contributed by atoms with Gasteiger partial charge in [-0.2, -0.15) is 0 Å². The van der Waals surface area contributed by atoms with E-state index in [1.165, 1.54) is 12.0 Å². The van der Waals surface area contributed by atoms with E-state index in [1.807, 2.05) is 0 Å². The number of aromatic nitrogens is 1. The molecular weight excluding hydrogens is 355 g/mol. The number of carbonyl (C=O) groups excluding carboxylic acids is 1. The quantitative estimate of drug-likeness (QED) is 0.584. The zero-order valence-electron chi connectivity index (χ0n) is 16.3. The van der Waals surface area contributed by atoms with Crippen LogP contribution in [0.4, 0.5) is 5.82 Å². The first-order valence-corrected chi connectivity index (χ1v) is 10.2. The van der Waals surface area contributed by atoms with Crippen LogP contribution in [-0.2, 0) is 22.4 Å². The second kappa shape index (κ2) is 9.91. The van der Waals surface area contributed by atoms with Gasteiger partial charge in [0.2, 0.25) is 5.91 Å². The molecule has 1 aromatic heterocycles. The van der Waals surface area contributed by atoms with Crippen LogP contribution in [-0.4, -0.2) is 67.4 Å². The van der Waals surface area contributed by atoms with E-state index in [0.29, 0.717) is 6.54 Å². The Morgan fingerprint density at radius 3 is 3.07 bits per heavy atom. The molecular formula is C20H29BN4O3. The summed E-state index contributed by atoms with van der Waals surface area (Å²) in [5.41, 5.74) is 2.42. The molecule has 2 radical (unpaired) electrons. The molecule has 3 heterocycles. The number of carbonyl (C=O) groups is 2. The highest BCUT2D eigenvalue weighted by Gasteiger charge is 2.26. The third-order valence-corrected chi connectivity index (χ3v) is 5.55. The van der Waals surface area contributed by atoms with Crippen molar-refractivity contribution in [3.8, 4) is 0 Å². The van der Waals surface area contributed by atoms with E-state index >= 15 is 0 Å². The Morgan fingerprint density at radius 1 is 1.39 bits per heavy atom. The van der Waals surface area contributed by atoms with Crippen molar-refractivity contribution >= 4 is 25.5 Å². The molecule has 3 N–H and O–H groups in total. The van der Waals surface area contributed by atoms with Crippen molar-refractivity contribution in [1.29, 1.82) is 0 Å². The van der Waals surface area contributed by atoms with Crippen LogP contribution < -0.4 is 10.6 Å². The van der Waals surface area contributed by atoms with Crippen molar-refractivity contribution in [3.05, 3.63) is 23.4 Å². The fourth-order valence-electron chi connectivity index (χ4n) is 3.91. The Kier molecular flexibility index (Phi) is 7.31. The van der Waals surface area contributed by atoms with Gasteiger partial charge in [0.25, 0.3) is 5.97 Å². The van der Waals surface area contributed by atoms with Gasteiger partial charge in [0.05, 0.1) is 13.8 Å². The number of amides is 1. The molecule has 1 amide bonds. The number of piperidine rings is 1. The summed E-state index contributed by atoms with van der Waals surface area (Å²) in [5.74, 6) is -1.30. The van der Waals surface area contributed by atoms with Crippen LogP contribution >= 0.6 is 0 Å². The first kappa shape index (κ1) is 20.6. The number of aryl methyl sites for hydroxylation is 2. The molecule has 3 rings (SSSR count). The summed E-state index contributed by atoms with van der Waals surface area (Å²) in [7, 11) is 5.45. The molecule has 150 valence electrons. The van der Waals surface area contributed by atoms with E-state index in [9.17, 15) is 9.59 Å². The van der Waals surface area contributed by atoms with Crippen LogP contribution in [0.5, 0.6) is 0 Å². The lowest BCUT2D eigenvalue weighted by Crippen LogP contribution is -2.44. The lowest BCUT2D eigenvalue weighted by molar-refractivity contribution is -0.136. The first-order valence-electron chi connectivity index (χ1n) is 10.2. The van der Waals surface area contributed by atoms with Crippen LogP contribution in [0.3, 0.4) is 0 Å². The number of hydrogen-bond acceptors (Lipinski definition) is 5. The highest BCUT2D eigenvalue weighted by atomic mass is 16.4. The molecule has 2 atom stereocenters. The topological polar surface area (TPSA) is 94.6 Å². The zero-order chi connectivity index (χ0) is 19.9. The fourth-order valence-corrected chi connectivity index (χ4v) is 3.91. The Bertz CT molecular complexity index is 700. The van der Waals surface area contributed by atoms with Gasteiger partial charge in [-0.15, -0.1) is 0 Å². The normalized spacial score (nSPS) is 20.6. The van der Waals surface area contributed by atoms with Gasteiger partial charge in [0.15, 0.2) is 0 Å². The Labute approximate surface area is 167 Å². The van der Waals surface area contributed by atoms with E-state index in [1.54, 1.807) is 0 Å². The number of rotatable bonds is 8. The molecule has 0 spiro atoms. The molecule has 0 bridgehead atoms. The number of aliphatic carboxylic acids is 1. The van der Waals surface area contributed by atoms with E-state index < -0.39 is 11.8 Å². The van der Waals surface area contributed by atoms with Crippen LogP contribution in [0.2, 0.25) is 5.82 Å². The summed E-state index contributed by atoms with van der Waals surface area (Å²) < 4.78 is 0. The molecule has 0 aliphatic carbocycles. The third-order valence-electron chi connectivity index (χ3n) is 5.55. The first-order chi connectivity index (χ1) is 13.5. The highest BCUT2D eigenvalue weighted by Crippen LogP contribution is 2.21. The van der Waals surface area contributed by atoms with Crippen LogP contribution in [0, 0.1) is 5.92 Å². The lowest BCUT2D eigenvalue weighted by Gasteiger charge is -2.32. The molecule has 0 saturated carbocycles. The zero-order valence-corrected chi connectivity index (χ0v) is 16.3. The minimum atomic E-state index is -1.10. The molecule has 0 aromatic carbocycles. The van der Waals surface area contributed by atoms with Crippen molar-refractivity contribution in [3.63, 3.8) is 0 Å². The number of likely N-dealkylation sites (tertiary alicyclic amines) is 1. The number of pyridine rings is 1. The SMILES string of the molecule is [B]C(CNC(=O)[C@@H]1CCCN(CCCc2ccc3c(n2)NCCC3)C1)C(=O)O. The summed E-state index contributed by atoms with van der Waals surface area (Å²) in [6.07, 6.45) is 6.01. The Hall–Kier alpha value is -2.09. The predicted octanol–water partition coefficient (Wildman–Crippen LogP) is 1.24. The van der Waals surface area contributed by atoms with Gasteiger partial charge in [0, 0.05) is 31.1 Å². The van der Waals surface area contributed by atoms with E-state index in [0.717, 1.165) is 63.3 Å². The van der Waals surface area contributed by atoms with E-state index in [2.05, 4.69) is 27.7 Å². The minimum Gasteiger partial charge on any atom is -0.482 e. The number of hydrogen-bond donors (Lipinski definition) is 3. The second-order valence-electron chi connectivity index (χ2n) is 7.77. The van der Waals surface area contributed by atoms with Crippen molar-refractivity contribution in [2.45, 2.75) is 44.3 Å². The molecule has 8 heteroatoms. The monoisotopic (exact) mass is 384 g/mol. The Balaban J connectivity index is 1.41. The smallest absolute Gasteiger partial charge is 0.299 e. The summed E-state index contributed by atoms with van der Waals surface area (Å²) in [6.45, 7) is 3.62. The number of fused-ring (bicyclic) bond motifs is 1. The molecule has 28 heavy (non-hydrogen) atoms. The third kappa shape index (κ3) is 5.71. The summed E-state index contributed by atoms with van der Waals surface area (Å²) >= 11 is 0. The van der Waals surface area contributed by atoms with Crippen molar-refractivity contribution < 1.29 is 14.7 Å². The number of nitrogens with zero attached hydrogens (tertiary/aromatic N) is 2. The maximum atomic E-state index is 12.3. The highest BCUT2D eigenvalue weighted by molar-refractivity contribution is 6.22. The molecule has 2 aliphatic rings. The van der Waals surface area contributed by atoms with Gasteiger partial charge in [-0.05, 0) is 63.2 Å². The van der Waals surface area contributed by atoms with Crippen LogP contribution in [0.15, 0.2) is 12.1 Å². The maximum absolute atomic E-state index is 12.3. The van der Waals surface area contributed by atoms with Crippen LogP contribution in [0.1, 0.15) is 36.9 Å². The fraction of sp³-hybridized carbons (Fsp3) is 0.650. The van der Waals surface area contributed by atoms with Gasteiger partial charge in [-0.1, -0.05) is 6.07 Å². The van der Waals surface area contributed by atoms with Gasteiger partial charge in [-0.25, -0.2) is 4.98 Å². The number of anilines is 1. The average Bonchev–Trinajstić information content (AvgIpc) is 2.71. The summed E-state index contributed by atoms with van der Waals surface area (Å²) in [6, 6.07) is 4.32. The van der Waals surface area contributed by atoms with Gasteiger partial charge < -0.3 is 20.6 Å². The molecule has 2 aliphatic heterocycles. The molecule has 1 saturated heterocycles. The van der Waals surface area contributed by atoms with Gasteiger partial charge in [-0.3, -0.25) is 9.59 Å². The molecule has 1 aromatic rings. The predicted molar refractivity (Wildman–Crippen MR) is 109 cm³/mol. The largest absolute Gasteiger partial charge is 0.482 e. The minimum absolute atomic E-state index is 0.0251. The van der Waals surface area contributed by atoms with Gasteiger partial charge in [0.1, 0.15) is 5.82 Å². The van der Waals surface area contributed by atoms with Crippen molar-refractivity contribution in [2.24, 2.45) is 5.92 Å². The summed E-state index contributed by atoms with van der Waals surface area (Å²) in [4.78, 5) is 30.1. The standard InChI is InChI=1S/C20H29BN4O3/c21-17(20(27)28)12-23-19(26)15-5-2-10-25(13-15)11-3-6-16-8-7-14-4-1-9-22-18(14)24-16/h7-8,15,17H,1-6,9-13H2,(H,22,24)(H,23,26)(H,27,28)/t15-,17?/m1/s1. The second-order valence-corrected chi connectivity index (χ2v) is 7.77. The molecule has 1 unspecified atom stereocenters. The number of carboxylic acids is 1. The lowest BCUT2D eigenvalue weighted by atomic mass is 9.87. The molecule has 1 fully saturated rings. The maximum Gasteiger partial charge on any atom is 0.299 e. The molecule has 7 nitrogen and oxygen atoms in total. The van der Waals surface area contributed by atoms with E-state index in [4.69, 9.17) is 17.9 Å². The van der Waals surface area contributed by atoms with E-state index in [-0.39, 0.29) is 18.4 Å². The average molecular weight is 384 g/mol. The Morgan fingerprint density at radius 2 is 2.25 bits per heavy atom. The summed E-state index contributed by atoms with van der Waals surface area (Å²) in [5, 5.41) is 14.9. The van der Waals surface area contributed by atoms with Gasteiger partial charge >= 0.3 is 0 Å². The van der Waals surface area contributed by atoms with Crippen molar-refractivity contribution in [1.82, 2.24) is 15.2 Å². The van der Waals surface area contributed by atoms with Crippen LogP contribution in [0.25, 0.3) is 0 Å². The van der Waals surface area contributed by atoms with Crippen molar-refractivity contribution in [2.75, 3.05) is 38.0 Å². The number of carboxylic acid groups (broad SMARTS) is 1. The number of nitrogens with one attached hydrogen (secondary N) is 2.